The second-order valence-corrected chi connectivity index (χ2v) is 6.76. The van der Waals surface area contributed by atoms with E-state index in [2.05, 4.69) is 29.4 Å². The van der Waals surface area contributed by atoms with Crippen LogP contribution in [0, 0.1) is 0 Å². The number of rotatable bonds is 5. The number of aromatic nitrogens is 1. The molecule has 1 aliphatic heterocycles. The van der Waals surface area contributed by atoms with Crippen molar-refractivity contribution in [1.29, 1.82) is 0 Å². The Bertz CT molecular complexity index is 866. The van der Waals surface area contributed by atoms with Crippen LogP contribution in [0.25, 0.3) is 0 Å². The summed E-state index contributed by atoms with van der Waals surface area (Å²) in [6, 6.07) is 20.5. The van der Waals surface area contributed by atoms with Crippen molar-refractivity contribution in [2.75, 3.05) is 13.2 Å². The van der Waals surface area contributed by atoms with Gasteiger partial charge in [-0.3, -0.25) is 4.79 Å². The molecule has 27 heavy (non-hydrogen) atoms. The Morgan fingerprint density at radius 3 is 2.30 bits per heavy atom. The van der Waals surface area contributed by atoms with E-state index in [1.807, 2.05) is 36.4 Å². The maximum absolute atomic E-state index is 12.3. The molecule has 1 N–H and O–H groups in total. The van der Waals surface area contributed by atoms with Crippen LogP contribution in [0.5, 0.6) is 0 Å². The van der Waals surface area contributed by atoms with E-state index in [-0.39, 0.29) is 24.9 Å². The summed E-state index contributed by atoms with van der Waals surface area (Å²) in [6.07, 6.45) is 0.798. The maximum Gasteiger partial charge on any atom is 0.225 e. The molecule has 0 unspecified atom stereocenters. The van der Waals surface area contributed by atoms with Gasteiger partial charge in [0.25, 0.3) is 0 Å². The molecular weight excluding hydrogens is 340 g/mol. The average Bonchev–Trinajstić information content (AvgIpc) is 3.13. The van der Waals surface area contributed by atoms with Gasteiger partial charge in [-0.2, -0.15) is 0 Å². The van der Waals surface area contributed by atoms with Crippen molar-refractivity contribution in [3.8, 4) is 0 Å². The van der Waals surface area contributed by atoms with Crippen molar-refractivity contribution in [3.63, 3.8) is 0 Å². The monoisotopic (exact) mass is 362 g/mol. The number of benzene rings is 2. The molecule has 0 spiro atoms. The van der Waals surface area contributed by atoms with E-state index in [0.717, 1.165) is 28.1 Å². The fourth-order valence-electron chi connectivity index (χ4n) is 3.72. The molecule has 0 fully saturated rings. The first-order chi connectivity index (χ1) is 13.3. The molecule has 2 heterocycles. The van der Waals surface area contributed by atoms with Crippen molar-refractivity contribution in [2.24, 2.45) is 0 Å². The third kappa shape index (κ3) is 3.51. The molecule has 4 rings (SSSR count). The standard InChI is InChI=1S/C22H22N2O3/c25-14-12-20(26)24-13-11-19-18(15-24)22(23-27-19)21(16-7-3-1-4-8-16)17-9-5-2-6-10-17/h1-10,21,25H,11-15H2. The summed E-state index contributed by atoms with van der Waals surface area (Å²) >= 11 is 0. The first-order valence-corrected chi connectivity index (χ1v) is 9.23. The number of aliphatic hydroxyl groups is 1. The Kier molecular flexibility index (Phi) is 5.03. The van der Waals surface area contributed by atoms with Crippen LogP contribution in [0.1, 0.15) is 40.5 Å². The summed E-state index contributed by atoms with van der Waals surface area (Å²) in [6.45, 7) is 0.945. The quantitative estimate of drug-likeness (QED) is 0.757. The number of nitrogens with zero attached hydrogens (tertiary/aromatic N) is 2. The highest BCUT2D eigenvalue weighted by atomic mass is 16.5. The second kappa shape index (κ2) is 7.76. The summed E-state index contributed by atoms with van der Waals surface area (Å²) < 4.78 is 5.66. The van der Waals surface area contributed by atoms with Crippen LogP contribution in [-0.2, 0) is 17.8 Å². The van der Waals surface area contributed by atoms with Gasteiger partial charge in [-0.25, -0.2) is 0 Å². The zero-order chi connectivity index (χ0) is 18.6. The molecular formula is C22H22N2O3. The van der Waals surface area contributed by atoms with Crippen molar-refractivity contribution in [1.82, 2.24) is 10.1 Å². The molecule has 0 saturated heterocycles. The number of hydrogen-bond acceptors (Lipinski definition) is 4. The highest BCUT2D eigenvalue weighted by Crippen LogP contribution is 2.36. The Hall–Kier alpha value is -2.92. The summed E-state index contributed by atoms with van der Waals surface area (Å²) in [7, 11) is 0. The van der Waals surface area contributed by atoms with Crippen LogP contribution in [0.4, 0.5) is 0 Å². The number of carbonyl (C=O) groups excluding carboxylic acids is 1. The molecule has 0 bridgehead atoms. The van der Waals surface area contributed by atoms with Crippen molar-refractivity contribution in [2.45, 2.75) is 25.3 Å². The molecule has 2 aromatic carbocycles. The first-order valence-electron chi connectivity index (χ1n) is 9.23. The lowest BCUT2D eigenvalue weighted by atomic mass is 9.85. The summed E-state index contributed by atoms with van der Waals surface area (Å²) in [5.41, 5.74) is 4.13. The van der Waals surface area contributed by atoms with Crippen LogP contribution in [0.2, 0.25) is 0 Å². The van der Waals surface area contributed by atoms with E-state index in [0.29, 0.717) is 19.5 Å². The van der Waals surface area contributed by atoms with Crippen molar-refractivity contribution >= 4 is 5.91 Å². The van der Waals surface area contributed by atoms with E-state index in [1.54, 1.807) is 4.90 Å². The highest BCUT2D eigenvalue weighted by molar-refractivity contribution is 5.76. The maximum atomic E-state index is 12.3. The highest BCUT2D eigenvalue weighted by Gasteiger charge is 2.31. The van der Waals surface area contributed by atoms with Crippen molar-refractivity contribution < 1.29 is 14.4 Å². The molecule has 0 atom stereocenters. The fraction of sp³-hybridized carbons (Fsp3) is 0.273. The van der Waals surface area contributed by atoms with Gasteiger partial charge in [0.1, 0.15) is 11.5 Å². The normalized spacial score (nSPS) is 13.6. The number of fused-ring (bicyclic) bond motifs is 1. The molecule has 3 aromatic rings. The van der Waals surface area contributed by atoms with E-state index in [4.69, 9.17) is 9.63 Å². The number of aliphatic hydroxyl groups excluding tert-OH is 1. The van der Waals surface area contributed by atoms with Crippen LogP contribution in [-0.4, -0.2) is 34.2 Å². The zero-order valence-electron chi connectivity index (χ0n) is 15.0. The predicted molar refractivity (Wildman–Crippen MR) is 101 cm³/mol. The van der Waals surface area contributed by atoms with E-state index >= 15 is 0 Å². The lowest BCUT2D eigenvalue weighted by molar-refractivity contribution is -0.132. The van der Waals surface area contributed by atoms with Gasteiger partial charge in [0, 0.05) is 24.9 Å². The summed E-state index contributed by atoms with van der Waals surface area (Å²) in [4.78, 5) is 14.0. The minimum absolute atomic E-state index is 0.0359. The molecule has 138 valence electrons. The third-order valence-electron chi connectivity index (χ3n) is 5.08. The van der Waals surface area contributed by atoms with Crippen molar-refractivity contribution in [3.05, 3.63) is 88.8 Å². The molecule has 5 heteroatoms. The summed E-state index contributed by atoms with van der Waals surface area (Å²) in [5.74, 6) is 0.772. The van der Waals surface area contributed by atoms with Gasteiger partial charge in [0.05, 0.1) is 19.1 Å². The third-order valence-corrected chi connectivity index (χ3v) is 5.08. The lowest BCUT2D eigenvalue weighted by Gasteiger charge is -2.27. The number of hydrogen-bond donors (Lipinski definition) is 1. The van der Waals surface area contributed by atoms with E-state index in [9.17, 15) is 4.79 Å². The van der Waals surface area contributed by atoms with Crippen LogP contribution in [0.3, 0.4) is 0 Å². The second-order valence-electron chi connectivity index (χ2n) is 6.76. The average molecular weight is 362 g/mol. The number of carbonyl (C=O) groups is 1. The SMILES string of the molecule is O=C(CCO)N1CCc2onc(C(c3ccccc3)c3ccccc3)c2C1. The van der Waals surface area contributed by atoms with Crippen LogP contribution >= 0.6 is 0 Å². The predicted octanol–water partition coefficient (Wildman–Crippen LogP) is 3.12. The van der Waals surface area contributed by atoms with Crippen LogP contribution < -0.4 is 0 Å². The topological polar surface area (TPSA) is 66.6 Å². The van der Waals surface area contributed by atoms with Gasteiger partial charge in [-0.15, -0.1) is 0 Å². The van der Waals surface area contributed by atoms with E-state index < -0.39 is 0 Å². The van der Waals surface area contributed by atoms with Gasteiger partial charge in [-0.1, -0.05) is 65.8 Å². The first kappa shape index (κ1) is 17.5. The Balaban J connectivity index is 1.75. The molecule has 1 amide bonds. The van der Waals surface area contributed by atoms with Gasteiger partial charge in [0.2, 0.25) is 5.91 Å². The van der Waals surface area contributed by atoms with Crippen LogP contribution in [0.15, 0.2) is 65.2 Å². The van der Waals surface area contributed by atoms with Gasteiger partial charge >= 0.3 is 0 Å². The minimum Gasteiger partial charge on any atom is -0.396 e. The van der Waals surface area contributed by atoms with Gasteiger partial charge < -0.3 is 14.5 Å². The molecule has 1 aromatic heterocycles. The zero-order valence-corrected chi connectivity index (χ0v) is 15.0. The molecule has 5 nitrogen and oxygen atoms in total. The minimum atomic E-state index is -0.130. The molecule has 1 aliphatic rings. The van der Waals surface area contributed by atoms with E-state index in [1.165, 1.54) is 0 Å². The number of amides is 1. The smallest absolute Gasteiger partial charge is 0.225 e. The molecule has 0 saturated carbocycles. The summed E-state index contributed by atoms with van der Waals surface area (Å²) in [5, 5.41) is 13.5. The van der Waals surface area contributed by atoms with Gasteiger partial charge in [-0.05, 0) is 11.1 Å². The fourth-order valence-corrected chi connectivity index (χ4v) is 3.72. The lowest BCUT2D eigenvalue weighted by Crippen LogP contribution is -2.36. The molecule has 0 radical (unpaired) electrons. The molecule has 0 aliphatic carbocycles. The Morgan fingerprint density at radius 1 is 1.07 bits per heavy atom. The largest absolute Gasteiger partial charge is 0.396 e. The van der Waals surface area contributed by atoms with Gasteiger partial charge in [0.15, 0.2) is 0 Å². The Labute approximate surface area is 158 Å². The Morgan fingerprint density at radius 2 is 1.70 bits per heavy atom.